The highest BCUT2D eigenvalue weighted by atomic mass is 35.5. The Labute approximate surface area is 136 Å². The van der Waals surface area contributed by atoms with Gasteiger partial charge < -0.3 is 10.6 Å². The number of hydrogen-bond donors (Lipinski definition) is 1. The number of thiocarbonyl (C=S) groups is 1. The highest BCUT2D eigenvalue weighted by Gasteiger charge is 2.18. The van der Waals surface area contributed by atoms with Crippen LogP contribution in [-0.4, -0.2) is 11.0 Å². The van der Waals surface area contributed by atoms with E-state index in [0.29, 0.717) is 16.1 Å². The lowest BCUT2D eigenvalue weighted by Crippen LogP contribution is -2.32. The number of anilines is 1. The van der Waals surface area contributed by atoms with Crippen LogP contribution in [0.2, 0.25) is 5.02 Å². The molecule has 0 radical (unpaired) electrons. The van der Waals surface area contributed by atoms with Gasteiger partial charge in [0.25, 0.3) is 0 Å². The Balaban J connectivity index is 2.44. The van der Waals surface area contributed by atoms with Gasteiger partial charge in [-0.25, -0.2) is 0 Å². The molecule has 0 aliphatic heterocycles. The van der Waals surface area contributed by atoms with E-state index in [9.17, 15) is 0 Å². The average molecular weight is 319 g/mol. The fourth-order valence-corrected chi connectivity index (χ4v) is 2.86. The molecule has 0 unspecified atom stereocenters. The third kappa shape index (κ3) is 3.74. The van der Waals surface area contributed by atoms with Gasteiger partial charge in [-0.15, -0.1) is 0 Å². The van der Waals surface area contributed by atoms with Crippen molar-refractivity contribution in [2.75, 3.05) is 4.90 Å². The second-order valence-electron chi connectivity index (χ2n) is 5.21. The van der Waals surface area contributed by atoms with Gasteiger partial charge in [0.2, 0.25) is 0 Å². The molecule has 2 nitrogen and oxygen atoms in total. The van der Waals surface area contributed by atoms with Crippen LogP contribution in [0.4, 0.5) is 5.69 Å². The summed E-state index contributed by atoms with van der Waals surface area (Å²) in [7, 11) is 0. The van der Waals surface area contributed by atoms with E-state index in [1.807, 2.05) is 36.4 Å². The van der Waals surface area contributed by atoms with Crippen molar-refractivity contribution in [1.82, 2.24) is 0 Å². The highest BCUT2D eigenvalue weighted by Crippen LogP contribution is 2.30. The molecular weight excluding hydrogens is 300 g/mol. The molecule has 0 spiro atoms. The lowest BCUT2D eigenvalue weighted by molar-refractivity contribution is 0.682. The molecule has 2 rings (SSSR count). The van der Waals surface area contributed by atoms with Crippen LogP contribution < -0.4 is 10.6 Å². The van der Waals surface area contributed by atoms with Gasteiger partial charge >= 0.3 is 0 Å². The van der Waals surface area contributed by atoms with Crippen molar-refractivity contribution in [3.05, 3.63) is 64.7 Å². The summed E-state index contributed by atoms with van der Waals surface area (Å²) >= 11 is 11.5. The number of nitrogens with two attached hydrogens (primary N) is 1. The Bertz CT molecular complexity index is 626. The molecule has 0 fully saturated rings. The first-order valence-corrected chi connectivity index (χ1v) is 7.68. The average Bonchev–Trinajstić information content (AvgIpc) is 2.45. The van der Waals surface area contributed by atoms with Gasteiger partial charge in [0.15, 0.2) is 0 Å². The lowest BCUT2D eigenvalue weighted by Gasteiger charge is -2.31. The van der Waals surface area contributed by atoms with Gasteiger partial charge in [0.1, 0.15) is 4.99 Å². The minimum absolute atomic E-state index is 0.303. The maximum absolute atomic E-state index is 6.28. The summed E-state index contributed by atoms with van der Waals surface area (Å²) in [5, 5.41) is 0.596. The number of halogens is 1. The van der Waals surface area contributed by atoms with Crippen molar-refractivity contribution in [2.24, 2.45) is 5.73 Å². The van der Waals surface area contributed by atoms with E-state index in [2.05, 4.69) is 30.9 Å². The summed E-state index contributed by atoms with van der Waals surface area (Å²) in [6.07, 6.45) is 0. The summed E-state index contributed by atoms with van der Waals surface area (Å²) in [4.78, 5) is 2.59. The van der Waals surface area contributed by atoms with Gasteiger partial charge in [-0.3, -0.25) is 0 Å². The summed E-state index contributed by atoms with van der Waals surface area (Å²) < 4.78 is 0. The molecule has 2 N–H and O–H groups in total. The molecule has 2 aromatic rings. The van der Waals surface area contributed by atoms with E-state index in [1.54, 1.807) is 0 Å². The van der Waals surface area contributed by atoms with Gasteiger partial charge in [-0.05, 0) is 31.5 Å². The number of hydrogen-bond acceptors (Lipinski definition) is 2. The summed E-state index contributed by atoms with van der Waals surface area (Å²) in [5.41, 5.74) is 8.83. The molecule has 2 aromatic carbocycles. The quantitative estimate of drug-likeness (QED) is 0.829. The predicted octanol–water partition coefficient (Wildman–Crippen LogP) is 4.39. The van der Waals surface area contributed by atoms with E-state index < -0.39 is 0 Å². The van der Waals surface area contributed by atoms with E-state index in [-0.39, 0.29) is 0 Å². The molecule has 110 valence electrons. The largest absolute Gasteiger partial charge is 0.389 e. The molecule has 0 saturated heterocycles. The molecule has 0 aliphatic carbocycles. The van der Waals surface area contributed by atoms with Crippen LogP contribution in [0.15, 0.2) is 48.5 Å². The van der Waals surface area contributed by atoms with Crippen molar-refractivity contribution >= 4 is 34.5 Å². The van der Waals surface area contributed by atoms with Crippen LogP contribution in [0.3, 0.4) is 0 Å². The summed E-state index contributed by atoms with van der Waals surface area (Å²) in [6, 6.07) is 16.4. The molecule has 21 heavy (non-hydrogen) atoms. The Morgan fingerprint density at radius 1 is 1.14 bits per heavy atom. The smallest absolute Gasteiger partial charge is 0.107 e. The van der Waals surface area contributed by atoms with E-state index in [1.165, 1.54) is 5.56 Å². The van der Waals surface area contributed by atoms with Gasteiger partial charge in [0, 0.05) is 18.3 Å². The number of nitrogens with zero attached hydrogens (tertiary/aromatic N) is 1. The van der Waals surface area contributed by atoms with Crippen LogP contribution in [0.5, 0.6) is 0 Å². The third-order valence-corrected chi connectivity index (χ3v) is 3.89. The molecule has 4 heteroatoms. The van der Waals surface area contributed by atoms with E-state index in [0.717, 1.165) is 17.8 Å². The van der Waals surface area contributed by atoms with Crippen LogP contribution in [0, 0.1) is 0 Å². The zero-order valence-electron chi connectivity index (χ0n) is 12.2. The number of rotatable bonds is 5. The topological polar surface area (TPSA) is 29.3 Å². The second kappa shape index (κ2) is 6.92. The molecule has 0 atom stereocenters. The van der Waals surface area contributed by atoms with Crippen LogP contribution >= 0.6 is 23.8 Å². The Morgan fingerprint density at radius 3 is 2.38 bits per heavy atom. The second-order valence-corrected chi connectivity index (χ2v) is 6.05. The van der Waals surface area contributed by atoms with Crippen LogP contribution in [-0.2, 0) is 6.54 Å². The maximum Gasteiger partial charge on any atom is 0.107 e. The Morgan fingerprint density at radius 2 is 1.81 bits per heavy atom. The first-order valence-electron chi connectivity index (χ1n) is 6.89. The lowest BCUT2D eigenvalue weighted by atomic mass is 10.1. The SMILES string of the molecule is CC(C)N(Cc1ccccc1)c1cccc(Cl)c1C(N)=S. The summed E-state index contributed by atoms with van der Waals surface area (Å²) in [6.45, 7) is 5.08. The molecule has 0 aliphatic rings. The third-order valence-electron chi connectivity index (χ3n) is 3.37. The highest BCUT2D eigenvalue weighted by molar-refractivity contribution is 7.80. The van der Waals surface area contributed by atoms with Crippen LogP contribution in [0.1, 0.15) is 25.0 Å². The van der Waals surface area contributed by atoms with Crippen molar-refractivity contribution < 1.29 is 0 Å². The molecule has 0 bridgehead atoms. The van der Waals surface area contributed by atoms with Crippen molar-refractivity contribution in [1.29, 1.82) is 0 Å². The Kier molecular flexibility index (Phi) is 5.21. The van der Waals surface area contributed by atoms with Crippen LogP contribution in [0.25, 0.3) is 0 Å². The van der Waals surface area contributed by atoms with Gasteiger partial charge in [-0.2, -0.15) is 0 Å². The van der Waals surface area contributed by atoms with Gasteiger partial charge in [-0.1, -0.05) is 60.2 Å². The van der Waals surface area contributed by atoms with Gasteiger partial charge in [0.05, 0.1) is 10.6 Å². The normalized spacial score (nSPS) is 10.7. The summed E-state index contributed by atoms with van der Waals surface area (Å²) in [5.74, 6) is 0. The monoisotopic (exact) mass is 318 g/mol. The zero-order valence-corrected chi connectivity index (χ0v) is 13.8. The molecule has 0 saturated carbocycles. The first-order chi connectivity index (χ1) is 10.0. The predicted molar refractivity (Wildman–Crippen MR) is 95.1 cm³/mol. The zero-order chi connectivity index (χ0) is 15.4. The molecular formula is C17H19ClN2S. The van der Waals surface area contributed by atoms with E-state index in [4.69, 9.17) is 29.6 Å². The minimum atomic E-state index is 0.303. The first kappa shape index (κ1) is 15.8. The standard InChI is InChI=1S/C17H19ClN2S/c1-12(2)20(11-13-7-4-3-5-8-13)15-10-6-9-14(18)16(15)17(19)21/h3-10,12H,11H2,1-2H3,(H2,19,21). The number of benzene rings is 2. The van der Waals surface area contributed by atoms with Crippen molar-refractivity contribution in [3.8, 4) is 0 Å². The molecule has 0 amide bonds. The fourth-order valence-electron chi connectivity index (χ4n) is 2.32. The fraction of sp³-hybridized carbons (Fsp3) is 0.235. The van der Waals surface area contributed by atoms with E-state index >= 15 is 0 Å². The van der Waals surface area contributed by atoms with Crippen molar-refractivity contribution in [3.63, 3.8) is 0 Å². The van der Waals surface area contributed by atoms with Crippen molar-refractivity contribution in [2.45, 2.75) is 26.4 Å². The molecule has 0 heterocycles. The molecule has 0 aromatic heterocycles. The minimum Gasteiger partial charge on any atom is -0.389 e. The maximum atomic E-state index is 6.28. The Hall–Kier alpha value is -1.58.